The van der Waals surface area contributed by atoms with Gasteiger partial charge < -0.3 is 5.11 Å². The lowest BCUT2D eigenvalue weighted by Gasteiger charge is -2.10. The molecule has 0 unspecified atom stereocenters. The van der Waals surface area contributed by atoms with Crippen molar-refractivity contribution in [2.24, 2.45) is 0 Å². The first-order chi connectivity index (χ1) is 9.36. The second-order valence-corrected chi connectivity index (χ2v) is 6.72. The molecule has 0 fully saturated rings. The maximum absolute atomic E-state index is 12.3. The molecule has 0 amide bonds. The summed E-state index contributed by atoms with van der Waals surface area (Å²) >= 11 is 3.34. The maximum Gasteiger partial charge on any atom is 0.281 e. The number of aromatic nitrogens is 2. The van der Waals surface area contributed by atoms with Crippen LogP contribution in [-0.4, -0.2) is 23.7 Å². The van der Waals surface area contributed by atoms with Gasteiger partial charge in [-0.2, -0.15) is 13.5 Å². The number of hydrogen-bond acceptors (Lipinski definition) is 4. The number of H-pyrrole nitrogens is 1. The van der Waals surface area contributed by atoms with Crippen molar-refractivity contribution in [1.82, 2.24) is 10.2 Å². The number of aliphatic hydroxyl groups excluding tert-OH is 1. The second-order valence-electron chi connectivity index (χ2n) is 4.33. The molecular formula is C12H14BrN3O3S. The summed E-state index contributed by atoms with van der Waals surface area (Å²) in [5.74, 6) is 0. The molecule has 20 heavy (non-hydrogen) atoms. The van der Waals surface area contributed by atoms with E-state index in [4.69, 9.17) is 0 Å². The average molecular weight is 360 g/mol. The zero-order valence-corrected chi connectivity index (χ0v) is 13.3. The Morgan fingerprint density at radius 1 is 1.40 bits per heavy atom. The number of hydrogen-bond donors (Lipinski definition) is 3. The minimum atomic E-state index is -3.86. The highest BCUT2D eigenvalue weighted by atomic mass is 79.9. The zero-order chi connectivity index (χ0) is 14.9. The van der Waals surface area contributed by atoms with Crippen molar-refractivity contribution in [3.05, 3.63) is 39.5 Å². The SMILES string of the molecule is Cc1cccc(NS(=O)(=O)c2n[nH]c(C)c2CO)c1Br. The van der Waals surface area contributed by atoms with Crippen LogP contribution in [-0.2, 0) is 16.6 Å². The molecule has 0 saturated heterocycles. The minimum Gasteiger partial charge on any atom is -0.392 e. The van der Waals surface area contributed by atoms with Crippen molar-refractivity contribution in [1.29, 1.82) is 0 Å². The highest BCUT2D eigenvalue weighted by Gasteiger charge is 2.24. The first-order valence-corrected chi connectivity index (χ1v) is 8.07. The quantitative estimate of drug-likeness (QED) is 0.778. The van der Waals surface area contributed by atoms with Crippen LogP contribution in [0.25, 0.3) is 0 Å². The number of aliphatic hydroxyl groups is 1. The van der Waals surface area contributed by atoms with Gasteiger partial charge in [-0.1, -0.05) is 12.1 Å². The molecule has 0 aliphatic heterocycles. The van der Waals surface area contributed by atoms with Crippen molar-refractivity contribution in [3.8, 4) is 0 Å². The summed E-state index contributed by atoms with van der Waals surface area (Å²) in [4.78, 5) is 0. The van der Waals surface area contributed by atoms with Crippen LogP contribution in [0.3, 0.4) is 0 Å². The lowest BCUT2D eigenvalue weighted by atomic mass is 10.2. The number of nitrogens with one attached hydrogen (secondary N) is 2. The molecule has 1 aromatic carbocycles. The Balaban J connectivity index is 2.44. The lowest BCUT2D eigenvalue weighted by Crippen LogP contribution is -2.16. The number of anilines is 1. The fourth-order valence-corrected chi connectivity index (χ4v) is 3.52. The van der Waals surface area contributed by atoms with Crippen LogP contribution >= 0.6 is 15.9 Å². The molecule has 0 radical (unpaired) electrons. The third kappa shape index (κ3) is 2.72. The largest absolute Gasteiger partial charge is 0.392 e. The number of rotatable bonds is 4. The van der Waals surface area contributed by atoms with Gasteiger partial charge in [0.15, 0.2) is 0 Å². The van der Waals surface area contributed by atoms with Crippen LogP contribution in [0, 0.1) is 13.8 Å². The highest BCUT2D eigenvalue weighted by molar-refractivity contribution is 9.10. The Labute approximate surface area is 125 Å². The van der Waals surface area contributed by atoms with E-state index in [0.29, 0.717) is 15.9 Å². The molecule has 0 spiro atoms. The number of aryl methyl sites for hydroxylation is 2. The van der Waals surface area contributed by atoms with E-state index in [2.05, 4.69) is 30.8 Å². The molecular weight excluding hydrogens is 346 g/mol. The van der Waals surface area contributed by atoms with Crippen molar-refractivity contribution in [2.75, 3.05) is 4.72 Å². The van der Waals surface area contributed by atoms with E-state index in [-0.39, 0.29) is 10.6 Å². The van der Waals surface area contributed by atoms with E-state index in [1.165, 1.54) is 0 Å². The van der Waals surface area contributed by atoms with E-state index in [0.717, 1.165) is 5.56 Å². The predicted molar refractivity (Wildman–Crippen MR) is 78.9 cm³/mol. The second kappa shape index (κ2) is 5.55. The van der Waals surface area contributed by atoms with E-state index in [1.807, 2.05) is 13.0 Å². The number of halogens is 1. The molecule has 8 heteroatoms. The Hall–Kier alpha value is -1.38. The molecule has 1 aromatic heterocycles. The van der Waals surface area contributed by atoms with Gasteiger partial charge in [0, 0.05) is 15.7 Å². The van der Waals surface area contributed by atoms with Crippen LogP contribution in [0.15, 0.2) is 27.7 Å². The summed E-state index contributed by atoms with van der Waals surface area (Å²) in [7, 11) is -3.86. The van der Waals surface area contributed by atoms with Crippen LogP contribution in [0.5, 0.6) is 0 Å². The molecule has 2 rings (SSSR count). The standard InChI is InChI=1S/C12H14BrN3O3S/c1-7-4-3-5-10(11(7)13)16-20(18,19)12-9(6-17)8(2)14-15-12/h3-5,16-17H,6H2,1-2H3,(H,14,15). The van der Waals surface area contributed by atoms with Crippen LogP contribution in [0.4, 0.5) is 5.69 Å². The molecule has 1 heterocycles. The first-order valence-electron chi connectivity index (χ1n) is 5.79. The first kappa shape index (κ1) is 15.0. The molecule has 0 aliphatic carbocycles. The van der Waals surface area contributed by atoms with E-state index in [1.54, 1.807) is 19.1 Å². The van der Waals surface area contributed by atoms with Gasteiger partial charge in [0.25, 0.3) is 10.0 Å². The Kier molecular flexibility index (Phi) is 4.17. The maximum atomic E-state index is 12.3. The van der Waals surface area contributed by atoms with Crippen LogP contribution < -0.4 is 4.72 Å². The average Bonchev–Trinajstić information content (AvgIpc) is 2.76. The summed E-state index contributed by atoms with van der Waals surface area (Å²) in [6.45, 7) is 3.12. The molecule has 108 valence electrons. The van der Waals surface area contributed by atoms with Gasteiger partial charge in [0.1, 0.15) is 0 Å². The summed E-state index contributed by atoms with van der Waals surface area (Å²) < 4.78 is 27.8. The fourth-order valence-electron chi connectivity index (χ4n) is 1.76. The predicted octanol–water partition coefficient (Wildman–Crippen LogP) is 2.08. The van der Waals surface area contributed by atoms with Crippen molar-refractivity contribution >= 4 is 31.6 Å². The van der Waals surface area contributed by atoms with Crippen molar-refractivity contribution < 1.29 is 13.5 Å². The monoisotopic (exact) mass is 359 g/mol. The van der Waals surface area contributed by atoms with Gasteiger partial charge >= 0.3 is 0 Å². The minimum absolute atomic E-state index is 0.189. The van der Waals surface area contributed by atoms with Crippen LogP contribution in [0.2, 0.25) is 0 Å². The van der Waals surface area contributed by atoms with Gasteiger partial charge in [-0.25, -0.2) is 0 Å². The van der Waals surface area contributed by atoms with E-state index in [9.17, 15) is 13.5 Å². The third-order valence-corrected chi connectivity index (χ3v) is 5.27. The molecule has 3 N–H and O–H groups in total. The van der Waals surface area contributed by atoms with Crippen molar-refractivity contribution in [3.63, 3.8) is 0 Å². The smallest absolute Gasteiger partial charge is 0.281 e. The number of sulfonamides is 1. The number of benzene rings is 1. The van der Waals surface area contributed by atoms with Gasteiger partial charge in [-0.05, 0) is 41.4 Å². The lowest BCUT2D eigenvalue weighted by molar-refractivity contribution is 0.277. The van der Waals surface area contributed by atoms with E-state index >= 15 is 0 Å². The molecule has 0 saturated carbocycles. The Morgan fingerprint density at radius 3 is 2.75 bits per heavy atom. The van der Waals surface area contributed by atoms with Crippen molar-refractivity contribution in [2.45, 2.75) is 25.5 Å². The van der Waals surface area contributed by atoms with Crippen LogP contribution in [0.1, 0.15) is 16.8 Å². The topological polar surface area (TPSA) is 95.1 Å². The Bertz CT molecular complexity index is 740. The van der Waals surface area contributed by atoms with Gasteiger partial charge in [0.05, 0.1) is 12.3 Å². The molecule has 6 nitrogen and oxygen atoms in total. The summed E-state index contributed by atoms with van der Waals surface area (Å²) in [5, 5.41) is 15.4. The zero-order valence-electron chi connectivity index (χ0n) is 10.9. The molecule has 0 atom stereocenters. The Morgan fingerprint density at radius 2 is 2.10 bits per heavy atom. The summed E-state index contributed by atoms with van der Waals surface area (Å²) in [6.07, 6.45) is 0. The van der Waals surface area contributed by atoms with Gasteiger partial charge in [-0.15, -0.1) is 0 Å². The molecule has 0 aliphatic rings. The van der Waals surface area contributed by atoms with Gasteiger partial charge in [-0.3, -0.25) is 9.82 Å². The highest BCUT2D eigenvalue weighted by Crippen LogP contribution is 2.28. The van der Waals surface area contributed by atoms with Gasteiger partial charge in [0.2, 0.25) is 5.03 Å². The number of aromatic amines is 1. The third-order valence-electron chi connectivity index (χ3n) is 2.88. The van der Waals surface area contributed by atoms with E-state index < -0.39 is 16.6 Å². The normalized spacial score (nSPS) is 11.6. The summed E-state index contributed by atoms with van der Waals surface area (Å²) in [6, 6.07) is 5.26. The molecule has 2 aromatic rings. The number of nitrogens with zero attached hydrogens (tertiary/aromatic N) is 1. The fraction of sp³-hybridized carbons (Fsp3) is 0.250. The molecule has 0 bridgehead atoms. The summed E-state index contributed by atoms with van der Waals surface area (Å²) in [5.41, 5.74) is 2.12.